The van der Waals surface area contributed by atoms with E-state index < -0.39 is 5.97 Å². The third-order valence-electron chi connectivity index (χ3n) is 8.67. The van der Waals surface area contributed by atoms with Crippen LogP contribution in [0.5, 0.6) is 0 Å². The van der Waals surface area contributed by atoms with Crippen molar-refractivity contribution in [3.05, 3.63) is 69.5 Å². The number of aryl methyl sites for hydroxylation is 1. The van der Waals surface area contributed by atoms with Crippen molar-refractivity contribution < 1.29 is 14.4 Å². The minimum atomic E-state index is -0.903. The third kappa shape index (κ3) is 5.00. The highest BCUT2D eigenvalue weighted by molar-refractivity contribution is 6.39. The van der Waals surface area contributed by atoms with E-state index in [1.165, 1.54) is 0 Å². The van der Waals surface area contributed by atoms with Gasteiger partial charge in [0.15, 0.2) is 0 Å². The van der Waals surface area contributed by atoms with Crippen molar-refractivity contribution in [1.29, 1.82) is 0 Å². The number of hydrogen-bond acceptors (Lipinski definition) is 5. The highest BCUT2D eigenvalue weighted by atomic mass is 35.5. The van der Waals surface area contributed by atoms with Gasteiger partial charge in [-0.2, -0.15) is 0 Å². The fourth-order valence-electron chi connectivity index (χ4n) is 6.32. The maximum atomic E-state index is 11.6. The van der Waals surface area contributed by atoms with Crippen LogP contribution < -0.4 is 4.90 Å². The molecule has 2 aromatic carbocycles. The van der Waals surface area contributed by atoms with E-state index >= 15 is 0 Å². The summed E-state index contributed by atoms with van der Waals surface area (Å²) in [7, 11) is 4.01. The number of hydrogen-bond donors (Lipinski definition) is 1. The van der Waals surface area contributed by atoms with Gasteiger partial charge in [-0.15, -0.1) is 0 Å². The number of carboxylic acid groups (broad SMARTS) is 1. The Balaban J connectivity index is 1.21. The second-order valence-electron chi connectivity index (χ2n) is 11.4. The lowest BCUT2D eigenvalue weighted by atomic mass is 10.0. The van der Waals surface area contributed by atoms with Gasteiger partial charge in [0, 0.05) is 73.6 Å². The van der Waals surface area contributed by atoms with Gasteiger partial charge < -0.3 is 19.1 Å². The molecule has 1 saturated carbocycles. The van der Waals surface area contributed by atoms with Crippen LogP contribution in [0.25, 0.3) is 22.2 Å². The molecule has 9 heteroatoms. The molecule has 7 nitrogen and oxygen atoms in total. The van der Waals surface area contributed by atoms with E-state index in [2.05, 4.69) is 35.0 Å². The van der Waals surface area contributed by atoms with Gasteiger partial charge in [-0.3, -0.25) is 4.90 Å². The molecule has 210 valence electrons. The van der Waals surface area contributed by atoms with Crippen molar-refractivity contribution in [2.45, 2.75) is 57.0 Å². The van der Waals surface area contributed by atoms with Crippen LogP contribution in [0, 0.1) is 0 Å². The van der Waals surface area contributed by atoms with E-state index in [9.17, 15) is 9.90 Å². The minimum Gasteiger partial charge on any atom is -0.478 e. The van der Waals surface area contributed by atoms with Gasteiger partial charge in [0.1, 0.15) is 11.5 Å². The lowest BCUT2D eigenvalue weighted by Gasteiger charge is -2.32. The number of halogens is 2. The topological polar surface area (TPSA) is 74.7 Å². The average Bonchev–Trinajstić information content (AvgIpc) is 3.48. The summed E-state index contributed by atoms with van der Waals surface area (Å²) in [5.74, 6) is 0.521. The Hall–Kier alpha value is -3.00. The number of anilines is 1. The van der Waals surface area contributed by atoms with Gasteiger partial charge in [0.2, 0.25) is 0 Å². The molecule has 6 rings (SSSR count). The number of likely N-dealkylation sites (N-methyl/N-ethyl adjacent to an activating group) is 1. The van der Waals surface area contributed by atoms with Crippen LogP contribution in [-0.2, 0) is 13.5 Å². The molecule has 0 radical (unpaired) electrons. The van der Waals surface area contributed by atoms with E-state index in [0.717, 1.165) is 84.4 Å². The van der Waals surface area contributed by atoms with Gasteiger partial charge in [-0.1, -0.05) is 34.4 Å². The first-order valence-electron chi connectivity index (χ1n) is 13.9. The molecule has 40 heavy (non-hydrogen) atoms. The maximum absolute atomic E-state index is 11.6. The Bertz CT molecular complexity index is 1550. The highest BCUT2D eigenvalue weighted by Gasteiger charge is 2.35. The van der Waals surface area contributed by atoms with Gasteiger partial charge in [-0.05, 0) is 69.4 Å². The van der Waals surface area contributed by atoms with Crippen LogP contribution in [0.15, 0.2) is 47.1 Å². The van der Waals surface area contributed by atoms with E-state index in [1.54, 1.807) is 6.20 Å². The summed E-state index contributed by atoms with van der Waals surface area (Å²) in [5, 5.41) is 16.0. The van der Waals surface area contributed by atoms with Gasteiger partial charge >= 0.3 is 5.97 Å². The predicted octanol–water partition coefficient (Wildman–Crippen LogP) is 7.25. The molecule has 1 saturated heterocycles. The zero-order chi connectivity index (χ0) is 28.1. The molecular formula is C31H34Cl2N4O3. The van der Waals surface area contributed by atoms with Crippen LogP contribution in [0.1, 0.15) is 60.2 Å². The highest BCUT2D eigenvalue weighted by Crippen LogP contribution is 2.46. The zero-order valence-corrected chi connectivity index (χ0v) is 24.5. The summed E-state index contributed by atoms with van der Waals surface area (Å²) in [6.07, 6.45) is 7.05. The van der Waals surface area contributed by atoms with Crippen molar-refractivity contribution in [2.24, 2.45) is 7.05 Å². The molecule has 2 aliphatic rings. The van der Waals surface area contributed by atoms with E-state index in [0.29, 0.717) is 33.6 Å². The lowest BCUT2D eigenvalue weighted by Crippen LogP contribution is -2.42. The molecule has 0 bridgehead atoms. The van der Waals surface area contributed by atoms with Gasteiger partial charge in [-0.25, -0.2) is 4.79 Å². The van der Waals surface area contributed by atoms with Crippen LogP contribution >= 0.6 is 23.2 Å². The number of carboxylic acids is 1. The Labute approximate surface area is 244 Å². The predicted molar refractivity (Wildman–Crippen MR) is 160 cm³/mol. The number of fused-ring (bicyclic) bond motifs is 1. The normalized spacial score (nSPS) is 19.5. The maximum Gasteiger partial charge on any atom is 0.337 e. The summed E-state index contributed by atoms with van der Waals surface area (Å²) in [4.78, 5) is 16.5. The van der Waals surface area contributed by atoms with Crippen LogP contribution in [0.3, 0.4) is 0 Å². The summed E-state index contributed by atoms with van der Waals surface area (Å²) in [6, 6.07) is 12.5. The largest absolute Gasteiger partial charge is 0.478 e. The Morgan fingerprint density at radius 3 is 2.60 bits per heavy atom. The molecule has 1 aliphatic carbocycles. The minimum absolute atomic E-state index is 0.333. The monoisotopic (exact) mass is 580 g/mol. The quantitative estimate of drug-likeness (QED) is 0.225. The van der Waals surface area contributed by atoms with Crippen molar-refractivity contribution in [3.63, 3.8) is 0 Å². The molecule has 3 heterocycles. The van der Waals surface area contributed by atoms with Crippen LogP contribution in [0.2, 0.25) is 10.0 Å². The molecule has 2 aromatic heterocycles. The first kappa shape index (κ1) is 27.2. The average molecular weight is 582 g/mol. The fourth-order valence-corrected chi connectivity index (χ4v) is 6.89. The zero-order valence-electron chi connectivity index (χ0n) is 23.0. The number of likely N-dealkylation sites (tertiary alicyclic amines) is 1. The number of benzene rings is 2. The summed E-state index contributed by atoms with van der Waals surface area (Å²) in [5.41, 5.74) is 4.99. The van der Waals surface area contributed by atoms with E-state index in [4.69, 9.17) is 27.7 Å². The van der Waals surface area contributed by atoms with Crippen molar-refractivity contribution >= 4 is 45.8 Å². The SMILES string of the molecule is CC1CCC(CN(C)c2ccc3c(C(=O)O)cn(C)c3c2)N1CCc1c(-c2c(Cl)cccc2Cl)noc1C1CC1. The second-order valence-corrected chi connectivity index (χ2v) is 12.2. The number of rotatable bonds is 9. The smallest absolute Gasteiger partial charge is 0.337 e. The molecule has 2 fully saturated rings. The standard InChI is InChI=1S/C31H34Cl2N4O3/c1-18-7-10-21(16-35(2)20-11-12-22-24(31(38)39)17-36(3)27(22)15-20)37(18)14-13-23-29(34-40-30(23)19-8-9-19)28-25(32)5-4-6-26(28)33/h4-6,11-12,15,17-19,21H,7-10,13-14,16H2,1-3H3,(H,38,39). The first-order valence-corrected chi connectivity index (χ1v) is 14.7. The molecule has 1 aliphatic heterocycles. The van der Waals surface area contributed by atoms with E-state index in [-0.39, 0.29) is 0 Å². The second kappa shape index (κ2) is 10.8. The number of aromatic carboxylic acids is 1. The molecule has 4 aromatic rings. The Kier molecular flexibility index (Phi) is 7.32. The molecule has 1 N–H and O–H groups in total. The molecule has 2 atom stereocenters. The van der Waals surface area contributed by atoms with Gasteiger partial charge in [0.25, 0.3) is 0 Å². The number of nitrogens with zero attached hydrogens (tertiary/aromatic N) is 4. The fraction of sp³-hybridized carbons (Fsp3) is 0.419. The number of aromatic nitrogens is 2. The lowest BCUT2D eigenvalue weighted by molar-refractivity contribution is 0.0699. The molecule has 2 unspecified atom stereocenters. The van der Waals surface area contributed by atoms with E-state index in [1.807, 2.05) is 41.9 Å². The Morgan fingerprint density at radius 1 is 1.15 bits per heavy atom. The summed E-state index contributed by atoms with van der Waals surface area (Å²) in [6.45, 7) is 4.09. The molecule has 0 spiro atoms. The van der Waals surface area contributed by atoms with Gasteiger partial charge in [0.05, 0.1) is 21.1 Å². The van der Waals surface area contributed by atoms with Crippen molar-refractivity contribution in [1.82, 2.24) is 14.6 Å². The number of carbonyl (C=O) groups is 1. The van der Waals surface area contributed by atoms with Crippen LogP contribution in [-0.4, -0.2) is 57.9 Å². The Morgan fingerprint density at radius 2 is 1.90 bits per heavy atom. The first-order chi connectivity index (χ1) is 19.2. The molecular weight excluding hydrogens is 547 g/mol. The summed E-state index contributed by atoms with van der Waals surface area (Å²) < 4.78 is 7.79. The third-order valence-corrected chi connectivity index (χ3v) is 9.30. The van der Waals surface area contributed by atoms with Crippen molar-refractivity contribution in [2.75, 3.05) is 25.0 Å². The van der Waals surface area contributed by atoms with Crippen molar-refractivity contribution in [3.8, 4) is 11.3 Å². The van der Waals surface area contributed by atoms with Crippen LogP contribution in [0.4, 0.5) is 5.69 Å². The summed E-state index contributed by atoms with van der Waals surface area (Å²) >= 11 is 13.2. The molecule has 0 amide bonds.